The molecule has 0 atom stereocenters. The topological polar surface area (TPSA) is 64.3 Å². The molecule has 0 aliphatic heterocycles. The van der Waals surface area contributed by atoms with Crippen LogP contribution in [-0.2, 0) is 18.3 Å². The minimum absolute atomic E-state index is 0.0582. The van der Waals surface area contributed by atoms with Crippen LogP contribution in [0.4, 0.5) is 0 Å². The molecular weight excluding hydrogens is 324 g/mol. The fourth-order valence-electron chi connectivity index (χ4n) is 2.08. The Morgan fingerprint density at radius 1 is 1.45 bits per heavy atom. The number of hydrogen-bond acceptors (Lipinski definition) is 3. The second-order valence-corrected chi connectivity index (χ2v) is 5.07. The molecule has 6 heteroatoms. The Morgan fingerprint density at radius 3 is 2.80 bits per heavy atom. The Balaban J connectivity index is 2.44. The molecule has 0 aliphatic carbocycles. The average molecular weight is 339 g/mol. The molecule has 20 heavy (non-hydrogen) atoms. The van der Waals surface area contributed by atoms with Gasteiger partial charge in [0.25, 0.3) is 0 Å². The molecule has 1 aromatic heterocycles. The summed E-state index contributed by atoms with van der Waals surface area (Å²) in [5.74, 6) is 0.643. The van der Waals surface area contributed by atoms with Gasteiger partial charge in [0.15, 0.2) is 0 Å². The fraction of sp³-hybridized carbons (Fsp3) is 0.286. The molecule has 1 heterocycles. The number of imidazole rings is 1. The van der Waals surface area contributed by atoms with Crippen molar-refractivity contribution in [3.05, 3.63) is 34.7 Å². The number of hydrogen-bond donors (Lipinski definition) is 1. The summed E-state index contributed by atoms with van der Waals surface area (Å²) in [6, 6.07) is 7.65. The Bertz CT molecular complexity index is 637. The van der Waals surface area contributed by atoms with E-state index in [1.54, 1.807) is 7.11 Å². The summed E-state index contributed by atoms with van der Waals surface area (Å²) < 4.78 is 7.94. The lowest BCUT2D eigenvalue weighted by Gasteiger charge is -2.10. The van der Waals surface area contributed by atoms with Gasteiger partial charge in [0.05, 0.1) is 19.2 Å². The number of methoxy groups -OCH3 is 1. The number of nitrogens with zero attached hydrogens (tertiary/aromatic N) is 2. The van der Waals surface area contributed by atoms with Crippen LogP contribution in [0.3, 0.4) is 0 Å². The van der Waals surface area contributed by atoms with Gasteiger partial charge in [-0.05, 0) is 28.1 Å². The Labute approximate surface area is 125 Å². The third-order valence-electron chi connectivity index (χ3n) is 3.07. The number of aryl methyl sites for hydroxylation is 1. The maximum atomic E-state index is 10.7. The van der Waals surface area contributed by atoms with Gasteiger partial charge in [0.1, 0.15) is 16.2 Å². The van der Waals surface area contributed by atoms with E-state index in [-0.39, 0.29) is 6.42 Å². The highest BCUT2D eigenvalue weighted by Crippen LogP contribution is 2.35. The van der Waals surface area contributed by atoms with Crippen molar-refractivity contribution in [2.45, 2.75) is 12.8 Å². The lowest BCUT2D eigenvalue weighted by atomic mass is 10.1. The van der Waals surface area contributed by atoms with E-state index in [4.69, 9.17) is 9.84 Å². The third kappa shape index (κ3) is 2.85. The summed E-state index contributed by atoms with van der Waals surface area (Å²) >= 11 is 3.44. The van der Waals surface area contributed by atoms with Crippen LogP contribution in [0.1, 0.15) is 12.2 Å². The standard InChI is InChI=1S/C14H15BrN2O3/c1-17-11(7-8-12(18)19)16-14(15)13(17)9-5-3-4-6-10(9)20-2/h3-6H,7-8H2,1-2H3,(H,18,19). The molecule has 0 aliphatic rings. The second kappa shape index (κ2) is 6.09. The smallest absolute Gasteiger partial charge is 0.303 e. The van der Waals surface area contributed by atoms with Crippen molar-refractivity contribution in [2.75, 3.05) is 7.11 Å². The molecule has 2 aromatic rings. The van der Waals surface area contributed by atoms with Crippen LogP contribution >= 0.6 is 15.9 Å². The molecule has 106 valence electrons. The highest BCUT2D eigenvalue weighted by atomic mass is 79.9. The minimum atomic E-state index is -0.831. The Kier molecular flexibility index (Phi) is 4.44. The summed E-state index contributed by atoms with van der Waals surface area (Å²) in [5, 5.41) is 8.77. The van der Waals surface area contributed by atoms with Crippen LogP contribution in [-0.4, -0.2) is 27.7 Å². The fourth-order valence-corrected chi connectivity index (χ4v) is 2.77. The van der Waals surface area contributed by atoms with Gasteiger partial charge >= 0.3 is 5.97 Å². The molecular formula is C14H15BrN2O3. The first-order valence-corrected chi connectivity index (χ1v) is 6.90. The molecule has 0 bridgehead atoms. The molecule has 0 saturated carbocycles. The zero-order valence-corrected chi connectivity index (χ0v) is 12.8. The number of aromatic nitrogens is 2. The van der Waals surface area contributed by atoms with Crippen molar-refractivity contribution >= 4 is 21.9 Å². The van der Waals surface area contributed by atoms with Crippen molar-refractivity contribution in [3.8, 4) is 17.0 Å². The van der Waals surface area contributed by atoms with E-state index in [1.165, 1.54) is 0 Å². The number of aliphatic carboxylic acids is 1. The van der Waals surface area contributed by atoms with Gasteiger partial charge < -0.3 is 14.4 Å². The number of benzene rings is 1. The molecule has 0 spiro atoms. The molecule has 1 N–H and O–H groups in total. The summed E-state index contributed by atoms with van der Waals surface area (Å²) in [6.07, 6.45) is 0.447. The number of halogens is 1. The van der Waals surface area contributed by atoms with Crippen LogP contribution in [0.25, 0.3) is 11.3 Å². The molecule has 1 aromatic carbocycles. The summed E-state index contributed by atoms with van der Waals surface area (Å²) in [4.78, 5) is 15.1. The van der Waals surface area contributed by atoms with Gasteiger partial charge in [0.2, 0.25) is 0 Å². The van der Waals surface area contributed by atoms with Crippen molar-refractivity contribution < 1.29 is 14.6 Å². The van der Waals surface area contributed by atoms with E-state index in [2.05, 4.69) is 20.9 Å². The molecule has 5 nitrogen and oxygen atoms in total. The molecule has 0 amide bonds. The van der Waals surface area contributed by atoms with E-state index in [1.807, 2.05) is 35.9 Å². The molecule has 0 radical (unpaired) electrons. The van der Waals surface area contributed by atoms with Crippen LogP contribution in [0.5, 0.6) is 5.75 Å². The summed E-state index contributed by atoms with van der Waals surface area (Å²) in [5.41, 5.74) is 1.79. The zero-order chi connectivity index (χ0) is 14.7. The van der Waals surface area contributed by atoms with Gasteiger partial charge in [0, 0.05) is 19.0 Å². The maximum absolute atomic E-state index is 10.7. The van der Waals surface area contributed by atoms with Crippen LogP contribution in [0.15, 0.2) is 28.9 Å². The molecule has 0 saturated heterocycles. The monoisotopic (exact) mass is 338 g/mol. The number of rotatable bonds is 5. The van der Waals surface area contributed by atoms with E-state index in [9.17, 15) is 4.79 Å². The van der Waals surface area contributed by atoms with E-state index in [0.29, 0.717) is 11.0 Å². The van der Waals surface area contributed by atoms with Gasteiger partial charge in [-0.25, -0.2) is 4.98 Å². The highest BCUT2D eigenvalue weighted by molar-refractivity contribution is 9.10. The van der Waals surface area contributed by atoms with Gasteiger partial charge in [-0.1, -0.05) is 12.1 Å². The average Bonchev–Trinajstić information content (AvgIpc) is 2.71. The quantitative estimate of drug-likeness (QED) is 0.910. The second-order valence-electron chi connectivity index (χ2n) is 4.32. The lowest BCUT2D eigenvalue weighted by Crippen LogP contribution is -2.04. The summed E-state index contributed by atoms with van der Waals surface area (Å²) in [6.45, 7) is 0. The van der Waals surface area contributed by atoms with Gasteiger partial charge in [-0.2, -0.15) is 0 Å². The Morgan fingerprint density at radius 2 is 2.15 bits per heavy atom. The predicted molar refractivity (Wildman–Crippen MR) is 78.9 cm³/mol. The van der Waals surface area contributed by atoms with Gasteiger partial charge in [-0.15, -0.1) is 0 Å². The number of ether oxygens (including phenoxy) is 1. The van der Waals surface area contributed by atoms with Crippen LogP contribution < -0.4 is 4.74 Å². The highest BCUT2D eigenvalue weighted by Gasteiger charge is 2.17. The molecule has 2 rings (SSSR count). The minimum Gasteiger partial charge on any atom is -0.496 e. The number of carboxylic acid groups (broad SMARTS) is 1. The normalized spacial score (nSPS) is 10.6. The van der Waals surface area contributed by atoms with E-state index in [0.717, 1.165) is 22.8 Å². The van der Waals surface area contributed by atoms with Crippen LogP contribution in [0, 0.1) is 0 Å². The molecule has 0 unspecified atom stereocenters. The number of para-hydroxylation sites is 1. The zero-order valence-electron chi connectivity index (χ0n) is 11.3. The first-order valence-electron chi connectivity index (χ1n) is 6.11. The van der Waals surface area contributed by atoms with Crippen molar-refractivity contribution in [1.82, 2.24) is 9.55 Å². The van der Waals surface area contributed by atoms with Crippen LogP contribution in [0.2, 0.25) is 0 Å². The first-order chi connectivity index (χ1) is 9.54. The first kappa shape index (κ1) is 14.6. The maximum Gasteiger partial charge on any atom is 0.303 e. The number of carboxylic acids is 1. The predicted octanol–water partition coefficient (Wildman–Crippen LogP) is 2.88. The van der Waals surface area contributed by atoms with E-state index < -0.39 is 5.97 Å². The van der Waals surface area contributed by atoms with Gasteiger partial charge in [-0.3, -0.25) is 4.79 Å². The lowest BCUT2D eigenvalue weighted by molar-refractivity contribution is -0.137. The number of carbonyl (C=O) groups is 1. The SMILES string of the molecule is COc1ccccc1-c1c(Br)nc(CCC(=O)O)n1C. The van der Waals surface area contributed by atoms with Crippen molar-refractivity contribution in [3.63, 3.8) is 0 Å². The molecule has 0 fully saturated rings. The Hall–Kier alpha value is -1.82. The van der Waals surface area contributed by atoms with Crippen molar-refractivity contribution in [2.24, 2.45) is 7.05 Å². The summed E-state index contributed by atoms with van der Waals surface area (Å²) in [7, 11) is 3.49. The third-order valence-corrected chi connectivity index (χ3v) is 3.62. The largest absolute Gasteiger partial charge is 0.496 e. The van der Waals surface area contributed by atoms with E-state index >= 15 is 0 Å². The van der Waals surface area contributed by atoms with Crippen molar-refractivity contribution in [1.29, 1.82) is 0 Å².